The van der Waals surface area contributed by atoms with E-state index < -0.39 is 0 Å². The van der Waals surface area contributed by atoms with Gasteiger partial charge in [0.05, 0.1) is 20.5 Å². The van der Waals surface area contributed by atoms with Gasteiger partial charge >= 0.3 is 0 Å². The molecule has 150 valence electrons. The molecule has 4 heteroatoms. The number of allylic oxidation sites excluding steroid dienone is 1. The molecule has 0 spiro atoms. The maximum absolute atomic E-state index is 5.84. The first kappa shape index (κ1) is 20.3. The molecule has 0 saturated heterocycles. The van der Waals surface area contributed by atoms with Gasteiger partial charge in [-0.2, -0.15) is 0 Å². The molecule has 0 amide bonds. The lowest BCUT2D eigenvalue weighted by atomic mass is 10.1. The van der Waals surface area contributed by atoms with Gasteiger partial charge in [0.15, 0.2) is 0 Å². The zero-order chi connectivity index (χ0) is 20.3. The molecule has 0 heterocycles. The van der Waals surface area contributed by atoms with E-state index in [-0.39, 0.29) is 0 Å². The Labute approximate surface area is 172 Å². The molecular weight excluding hydrogens is 364 g/mol. The molecular formula is C25H26O4. The van der Waals surface area contributed by atoms with Crippen molar-refractivity contribution in [3.63, 3.8) is 0 Å². The van der Waals surface area contributed by atoms with Crippen molar-refractivity contribution in [2.45, 2.75) is 19.6 Å². The van der Waals surface area contributed by atoms with Crippen LogP contribution in [0, 0.1) is 0 Å². The average Bonchev–Trinajstić information content (AvgIpc) is 2.79. The van der Waals surface area contributed by atoms with Gasteiger partial charge in [-0.3, -0.25) is 0 Å². The first-order chi connectivity index (χ1) is 14.3. The highest BCUT2D eigenvalue weighted by Crippen LogP contribution is 2.17. The van der Waals surface area contributed by atoms with Crippen LogP contribution < -0.4 is 14.2 Å². The van der Waals surface area contributed by atoms with Gasteiger partial charge in [-0.05, 0) is 65.6 Å². The van der Waals surface area contributed by atoms with Gasteiger partial charge in [0.1, 0.15) is 30.5 Å². The smallest absolute Gasteiger partial charge is 0.119 e. The molecule has 29 heavy (non-hydrogen) atoms. The average molecular weight is 390 g/mol. The van der Waals surface area contributed by atoms with Crippen LogP contribution in [0.1, 0.15) is 16.7 Å². The summed E-state index contributed by atoms with van der Waals surface area (Å²) in [5.74, 6) is 2.55. The molecule has 0 aliphatic carbocycles. The van der Waals surface area contributed by atoms with E-state index in [2.05, 4.69) is 12.1 Å². The number of hydrogen-bond donors (Lipinski definition) is 0. The van der Waals surface area contributed by atoms with Crippen molar-refractivity contribution in [3.8, 4) is 17.2 Å². The first-order valence-corrected chi connectivity index (χ1v) is 9.51. The van der Waals surface area contributed by atoms with Crippen LogP contribution in [-0.4, -0.2) is 14.2 Å². The van der Waals surface area contributed by atoms with Gasteiger partial charge in [0.25, 0.3) is 0 Å². The third kappa shape index (κ3) is 6.61. The molecule has 3 rings (SSSR count). The topological polar surface area (TPSA) is 36.9 Å². The lowest BCUT2D eigenvalue weighted by molar-refractivity contribution is 0.235. The van der Waals surface area contributed by atoms with Crippen LogP contribution in [-0.2, 0) is 24.4 Å². The minimum atomic E-state index is 0.530. The highest BCUT2D eigenvalue weighted by atomic mass is 16.5. The molecule has 0 bridgehead atoms. The Morgan fingerprint density at radius 3 is 1.62 bits per heavy atom. The molecule has 0 radical (unpaired) electrons. The predicted molar refractivity (Wildman–Crippen MR) is 114 cm³/mol. The Balaban J connectivity index is 1.39. The second-order valence-electron chi connectivity index (χ2n) is 6.52. The van der Waals surface area contributed by atoms with Crippen molar-refractivity contribution in [1.29, 1.82) is 0 Å². The van der Waals surface area contributed by atoms with E-state index >= 15 is 0 Å². The molecule has 0 fully saturated rings. The third-order valence-corrected chi connectivity index (χ3v) is 4.44. The van der Waals surface area contributed by atoms with Crippen LogP contribution in [0.2, 0.25) is 0 Å². The van der Waals surface area contributed by atoms with E-state index in [4.69, 9.17) is 18.9 Å². The second kappa shape index (κ2) is 10.8. The molecule has 3 aromatic rings. The van der Waals surface area contributed by atoms with Crippen LogP contribution in [0.25, 0.3) is 0 Å². The zero-order valence-electron chi connectivity index (χ0n) is 16.8. The number of ether oxygens (including phenoxy) is 4. The van der Waals surface area contributed by atoms with Crippen molar-refractivity contribution < 1.29 is 18.9 Å². The number of rotatable bonds is 10. The quantitative estimate of drug-likeness (QED) is 0.425. The van der Waals surface area contributed by atoms with Crippen LogP contribution in [0.15, 0.2) is 85.1 Å². The zero-order valence-corrected chi connectivity index (χ0v) is 16.8. The van der Waals surface area contributed by atoms with Crippen LogP contribution in [0.4, 0.5) is 0 Å². The van der Waals surface area contributed by atoms with E-state index in [9.17, 15) is 0 Å². The van der Waals surface area contributed by atoms with Crippen molar-refractivity contribution >= 4 is 0 Å². The Morgan fingerprint density at radius 2 is 1.07 bits per heavy atom. The summed E-state index contributed by atoms with van der Waals surface area (Å²) in [6.45, 7) is 1.07. The van der Waals surface area contributed by atoms with Crippen LogP contribution in [0.3, 0.4) is 0 Å². The molecule has 0 aromatic heterocycles. The molecule has 0 aliphatic rings. The fraction of sp³-hybridized carbons (Fsp3) is 0.200. The minimum absolute atomic E-state index is 0.530. The van der Waals surface area contributed by atoms with Gasteiger partial charge < -0.3 is 18.9 Å². The molecule has 0 unspecified atom stereocenters. The number of benzene rings is 3. The second-order valence-corrected chi connectivity index (χ2v) is 6.52. The summed E-state index contributed by atoms with van der Waals surface area (Å²) < 4.78 is 21.7. The summed E-state index contributed by atoms with van der Waals surface area (Å²) in [7, 11) is 3.32. The Hall–Kier alpha value is -3.40. The third-order valence-electron chi connectivity index (χ3n) is 4.44. The van der Waals surface area contributed by atoms with E-state index in [0.29, 0.717) is 13.2 Å². The molecule has 0 atom stereocenters. The van der Waals surface area contributed by atoms with Crippen LogP contribution >= 0.6 is 0 Å². The number of methoxy groups -OCH3 is 2. The minimum Gasteiger partial charge on any atom is -0.497 e. The van der Waals surface area contributed by atoms with E-state index in [0.717, 1.165) is 34.8 Å². The van der Waals surface area contributed by atoms with Gasteiger partial charge in [-0.25, -0.2) is 0 Å². The maximum atomic E-state index is 5.84. The highest BCUT2D eigenvalue weighted by Gasteiger charge is 1.98. The fourth-order valence-corrected chi connectivity index (χ4v) is 2.73. The van der Waals surface area contributed by atoms with Gasteiger partial charge in [-0.15, -0.1) is 0 Å². The lowest BCUT2D eigenvalue weighted by Crippen LogP contribution is -1.95. The fourth-order valence-electron chi connectivity index (χ4n) is 2.73. The van der Waals surface area contributed by atoms with Crippen molar-refractivity contribution in [2.75, 3.05) is 14.2 Å². The van der Waals surface area contributed by atoms with Gasteiger partial charge in [-0.1, -0.05) is 36.4 Å². The van der Waals surface area contributed by atoms with E-state index in [1.54, 1.807) is 20.5 Å². The van der Waals surface area contributed by atoms with Crippen molar-refractivity contribution in [3.05, 3.63) is 102 Å². The maximum Gasteiger partial charge on any atom is 0.119 e. The first-order valence-electron chi connectivity index (χ1n) is 9.51. The van der Waals surface area contributed by atoms with Crippen LogP contribution in [0.5, 0.6) is 17.2 Å². The predicted octanol–water partition coefficient (Wildman–Crippen LogP) is 5.56. The summed E-state index contributed by atoms with van der Waals surface area (Å²) in [4.78, 5) is 0. The summed E-state index contributed by atoms with van der Waals surface area (Å²) in [6.07, 6.45) is 4.57. The lowest BCUT2D eigenvalue weighted by Gasteiger charge is -2.08. The summed E-state index contributed by atoms with van der Waals surface area (Å²) >= 11 is 0. The van der Waals surface area contributed by atoms with Crippen molar-refractivity contribution in [2.24, 2.45) is 0 Å². The standard InChI is InChI=1S/C25H26O4/c1-26-23-11-7-21(8-12-23)18-28-17-3-4-20-5-15-25(16-6-20)29-19-22-9-13-24(27-2)14-10-22/h3,5-17H,4,18-19H2,1-2H3. The largest absolute Gasteiger partial charge is 0.497 e. The Morgan fingerprint density at radius 1 is 0.586 bits per heavy atom. The molecule has 0 aliphatic heterocycles. The normalized spacial score (nSPS) is 10.7. The van der Waals surface area contributed by atoms with Gasteiger partial charge in [0, 0.05) is 0 Å². The highest BCUT2D eigenvalue weighted by molar-refractivity contribution is 5.30. The van der Waals surface area contributed by atoms with E-state index in [1.807, 2.05) is 66.7 Å². The molecule has 3 aromatic carbocycles. The van der Waals surface area contributed by atoms with E-state index in [1.165, 1.54) is 5.56 Å². The number of hydrogen-bond acceptors (Lipinski definition) is 4. The Bertz CT molecular complexity index is 882. The molecule has 4 nitrogen and oxygen atoms in total. The Kier molecular flexibility index (Phi) is 7.58. The monoisotopic (exact) mass is 390 g/mol. The van der Waals surface area contributed by atoms with Crippen molar-refractivity contribution in [1.82, 2.24) is 0 Å². The summed E-state index contributed by atoms with van der Waals surface area (Å²) in [5, 5.41) is 0. The summed E-state index contributed by atoms with van der Waals surface area (Å²) in [6, 6.07) is 23.9. The van der Waals surface area contributed by atoms with Gasteiger partial charge in [0.2, 0.25) is 0 Å². The molecule has 0 saturated carbocycles. The summed E-state index contributed by atoms with van der Waals surface area (Å²) in [5.41, 5.74) is 3.41. The molecule has 0 N–H and O–H groups in total. The SMILES string of the molecule is COc1ccc(COC=CCc2ccc(OCc3ccc(OC)cc3)cc2)cc1.